The van der Waals surface area contributed by atoms with Crippen molar-refractivity contribution in [3.05, 3.63) is 35.4 Å². The molecule has 0 spiro atoms. The largest absolute Gasteiger partial charge is 0.329 e. The summed E-state index contributed by atoms with van der Waals surface area (Å²) in [7, 11) is 0. The monoisotopic (exact) mass is 294 g/mol. The first kappa shape index (κ1) is 14.9. The fourth-order valence-electron chi connectivity index (χ4n) is 4.26. The van der Waals surface area contributed by atoms with Crippen molar-refractivity contribution < 1.29 is 8.78 Å². The Morgan fingerprint density at radius 2 is 1.90 bits per heavy atom. The van der Waals surface area contributed by atoms with Gasteiger partial charge in [0.2, 0.25) is 0 Å². The normalized spacial score (nSPS) is 28.1. The van der Waals surface area contributed by atoms with Gasteiger partial charge in [-0.15, -0.1) is 0 Å². The summed E-state index contributed by atoms with van der Waals surface area (Å²) >= 11 is 0. The van der Waals surface area contributed by atoms with Crippen LogP contribution < -0.4 is 5.73 Å². The Bertz CT molecular complexity index is 490. The molecule has 1 aliphatic carbocycles. The highest BCUT2D eigenvalue weighted by atomic mass is 19.1. The molecule has 1 aromatic rings. The number of nitrogens with zero attached hydrogens (tertiary/aromatic N) is 1. The minimum Gasteiger partial charge on any atom is -0.329 e. The average molecular weight is 294 g/mol. The van der Waals surface area contributed by atoms with Crippen LogP contribution in [0.15, 0.2) is 18.2 Å². The Labute approximate surface area is 125 Å². The Hall–Kier alpha value is -1.00. The molecule has 0 aromatic heterocycles. The average Bonchev–Trinajstić information content (AvgIpc) is 2.51. The van der Waals surface area contributed by atoms with Crippen molar-refractivity contribution in [2.45, 2.75) is 50.6 Å². The second-order valence-corrected chi connectivity index (χ2v) is 6.41. The van der Waals surface area contributed by atoms with Crippen LogP contribution in [0.25, 0.3) is 0 Å². The lowest BCUT2D eigenvalue weighted by Gasteiger charge is -2.47. The standard InChI is InChI=1S/C17H24F2N2/c18-13-7-8-15(19)14(10-13)17(11-20)21-9-3-5-12-4-1-2-6-16(12)21/h7-8,10,12,16-17H,1-6,9,11,20H2. The lowest BCUT2D eigenvalue weighted by atomic mass is 9.77. The van der Waals surface area contributed by atoms with Gasteiger partial charge in [-0.05, 0) is 56.3 Å². The van der Waals surface area contributed by atoms with E-state index in [0.29, 0.717) is 24.1 Å². The molecule has 1 saturated heterocycles. The first-order valence-electron chi connectivity index (χ1n) is 8.11. The fourth-order valence-corrected chi connectivity index (χ4v) is 4.26. The number of hydrogen-bond acceptors (Lipinski definition) is 2. The van der Waals surface area contributed by atoms with Gasteiger partial charge in [0.25, 0.3) is 0 Å². The lowest BCUT2D eigenvalue weighted by Crippen LogP contribution is -2.50. The van der Waals surface area contributed by atoms with Gasteiger partial charge < -0.3 is 5.73 Å². The van der Waals surface area contributed by atoms with E-state index in [9.17, 15) is 8.78 Å². The summed E-state index contributed by atoms with van der Waals surface area (Å²) in [5.74, 6) is -0.0231. The van der Waals surface area contributed by atoms with Crippen LogP contribution in [0, 0.1) is 17.6 Å². The quantitative estimate of drug-likeness (QED) is 0.922. The minimum absolute atomic E-state index is 0.202. The summed E-state index contributed by atoms with van der Waals surface area (Å²) in [5, 5.41) is 0. The molecule has 1 saturated carbocycles. The van der Waals surface area contributed by atoms with E-state index in [-0.39, 0.29) is 17.7 Å². The van der Waals surface area contributed by atoms with Crippen LogP contribution in [0.5, 0.6) is 0 Å². The molecule has 2 nitrogen and oxygen atoms in total. The molecule has 2 N–H and O–H groups in total. The number of halogens is 2. The highest BCUT2D eigenvalue weighted by Gasteiger charge is 2.37. The van der Waals surface area contributed by atoms with E-state index in [1.807, 2.05) is 0 Å². The fraction of sp³-hybridized carbons (Fsp3) is 0.647. The minimum atomic E-state index is -0.387. The molecular weight excluding hydrogens is 270 g/mol. The Kier molecular flexibility index (Phi) is 4.55. The number of nitrogens with two attached hydrogens (primary N) is 1. The van der Waals surface area contributed by atoms with Crippen molar-refractivity contribution in [2.24, 2.45) is 11.7 Å². The van der Waals surface area contributed by atoms with Crippen molar-refractivity contribution in [2.75, 3.05) is 13.1 Å². The van der Waals surface area contributed by atoms with Gasteiger partial charge in [0, 0.05) is 18.2 Å². The summed E-state index contributed by atoms with van der Waals surface area (Å²) in [4.78, 5) is 2.35. The maximum absolute atomic E-state index is 14.1. The van der Waals surface area contributed by atoms with Gasteiger partial charge in [0.15, 0.2) is 0 Å². The summed E-state index contributed by atoms with van der Waals surface area (Å²) in [6.07, 6.45) is 7.37. The van der Waals surface area contributed by atoms with E-state index in [2.05, 4.69) is 4.90 Å². The van der Waals surface area contributed by atoms with Crippen molar-refractivity contribution in [3.8, 4) is 0 Å². The second kappa shape index (κ2) is 6.41. The highest BCUT2D eigenvalue weighted by Crippen LogP contribution is 2.39. The van der Waals surface area contributed by atoms with Crippen LogP contribution in [0.4, 0.5) is 8.78 Å². The van der Waals surface area contributed by atoms with E-state index < -0.39 is 0 Å². The van der Waals surface area contributed by atoms with Crippen LogP contribution in [-0.2, 0) is 0 Å². The molecule has 3 rings (SSSR count). The molecule has 1 aliphatic heterocycles. The number of benzene rings is 1. The van der Waals surface area contributed by atoms with Crippen LogP contribution in [0.2, 0.25) is 0 Å². The van der Waals surface area contributed by atoms with Gasteiger partial charge >= 0.3 is 0 Å². The molecule has 3 unspecified atom stereocenters. The predicted molar refractivity (Wildman–Crippen MR) is 79.8 cm³/mol. The van der Waals surface area contributed by atoms with Crippen molar-refractivity contribution in [3.63, 3.8) is 0 Å². The number of hydrogen-bond donors (Lipinski definition) is 1. The first-order chi connectivity index (χ1) is 10.2. The molecular formula is C17H24F2N2. The van der Waals surface area contributed by atoms with Crippen LogP contribution >= 0.6 is 0 Å². The zero-order valence-electron chi connectivity index (χ0n) is 12.4. The van der Waals surface area contributed by atoms with Crippen molar-refractivity contribution in [1.29, 1.82) is 0 Å². The lowest BCUT2D eigenvalue weighted by molar-refractivity contribution is 0.0264. The molecule has 2 aliphatic rings. The molecule has 1 heterocycles. The third kappa shape index (κ3) is 2.97. The van der Waals surface area contributed by atoms with E-state index in [1.165, 1.54) is 43.9 Å². The summed E-state index contributed by atoms with van der Waals surface area (Å²) in [6, 6.07) is 4.00. The molecule has 21 heavy (non-hydrogen) atoms. The smallest absolute Gasteiger partial charge is 0.128 e. The van der Waals surface area contributed by atoms with Crippen LogP contribution in [-0.4, -0.2) is 24.0 Å². The maximum atomic E-state index is 14.1. The van der Waals surface area contributed by atoms with E-state index >= 15 is 0 Å². The van der Waals surface area contributed by atoms with Crippen LogP contribution in [0.1, 0.15) is 50.1 Å². The predicted octanol–water partition coefficient (Wildman–Crippen LogP) is 3.62. The van der Waals surface area contributed by atoms with E-state index in [0.717, 1.165) is 19.4 Å². The molecule has 3 atom stereocenters. The first-order valence-corrected chi connectivity index (χ1v) is 8.11. The summed E-state index contributed by atoms with van der Waals surface area (Å²) in [6.45, 7) is 1.28. The maximum Gasteiger partial charge on any atom is 0.128 e. The molecule has 2 fully saturated rings. The second-order valence-electron chi connectivity index (χ2n) is 6.41. The van der Waals surface area contributed by atoms with Crippen LogP contribution in [0.3, 0.4) is 0 Å². The number of fused-ring (bicyclic) bond motifs is 1. The van der Waals surface area contributed by atoms with Crippen molar-refractivity contribution in [1.82, 2.24) is 4.90 Å². The zero-order valence-corrected chi connectivity index (χ0v) is 12.4. The summed E-state index contributed by atoms with van der Waals surface area (Å²) in [5.41, 5.74) is 6.37. The van der Waals surface area contributed by atoms with Gasteiger partial charge in [0.1, 0.15) is 11.6 Å². The molecule has 1 aromatic carbocycles. The summed E-state index contributed by atoms with van der Waals surface area (Å²) < 4.78 is 27.7. The SMILES string of the molecule is NCC(c1cc(F)ccc1F)N1CCCC2CCCCC21. The third-order valence-electron chi connectivity index (χ3n) is 5.23. The van der Waals surface area contributed by atoms with Gasteiger partial charge in [-0.2, -0.15) is 0 Å². The van der Waals surface area contributed by atoms with Gasteiger partial charge in [-0.25, -0.2) is 8.78 Å². The van der Waals surface area contributed by atoms with Gasteiger partial charge in [-0.3, -0.25) is 4.90 Å². The molecule has 116 valence electrons. The third-order valence-corrected chi connectivity index (χ3v) is 5.23. The Balaban J connectivity index is 1.89. The molecule has 0 amide bonds. The number of rotatable bonds is 3. The number of likely N-dealkylation sites (tertiary alicyclic amines) is 1. The van der Waals surface area contributed by atoms with Gasteiger partial charge in [0.05, 0.1) is 6.04 Å². The van der Waals surface area contributed by atoms with Gasteiger partial charge in [-0.1, -0.05) is 12.8 Å². The number of piperidine rings is 1. The molecule has 0 radical (unpaired) electrons. The Morgan fingerprint density at radius 3 is 2.71 bits per heavy atom. The molecule has 0 bridgehead atoms. The van der Waals surface area contributed by atoms with E-state index in [4.69, 9.17) is 5.73 Å². The zero-order chi connectivity index (χ0) is 14.8. The highest BCUT2D eigenvalue weighted by molar-refractivity contribution is 5.23. The Morgan fingerprint density at radius 1 is 1.14 bits per heavy atom. The molecule has 4 heteroatoms. The topological polar surface area (TPSA) is 29.3 Å². The van der Waals surface area contributed by atoms with E-state index in [1.54, 1.807) is 0 Å². The van der Waals surface area contributed by atoms with Crippen molar-refractivity contribution >= 4 is 0 Å².